The summed E-state index contributed by atoms with van der Waals surface area (Å²) in [7, 11) is 3.34. The molecule has 0 aliphatic carbocycles. The van der Waals surface area contributed by atoms with Crippen molar-refractivity contribution in [2.45, 2.75) is 0 Å². The molecule has 0 N–H and O–H groups in total. The van der Waals surface area contributed by atoms with Crippen LogP contribution in [-0.4, -0.2) is 33.2 Å². The van der Waals surface area contributed by atoms with Crippen molar-refractivity contribution < 1.29 is 36.6 Å². The molecule has 0 aliphatic rings. The van der Waals surface area contributed by atoms with Gasteiger partial charge in [0, 0.05) is 17.8 Å². The summed E-state index contributed by atoms with van der Waals surface area (Å²) in [5.74, 6) is -9.06. The van der Waals surface area contributed by atoms with E-state index < -0.39 is 51.7 Å². The molecule has 2 aromatic carbocycles. The Kier molecular flexibility index (Phi) is 5.49. The first-order valence-electron chi connectivity index (χ1n) is 7.10. The van der Waals surface area contributed by atoms with Crippen LogP contribution in [0.5, 0.6) is 0 Å². The fourth-order valence-corrected chi connectivity index (χ4v) is 2.35. The lowest BCUT2D eigenvalue weighted by Gasteiger charge is -2.23. The third-order valence-electron chi connectivity index (χ3n) is 3.65. The second-order valence-electron chi connectivity index (χ2n) is 5.06. The number of ether oxygens (including phenoxy) is 2. The molecule has 0 unspecified atom stereocenters. The SMILES string of the molecule is COC(=O)/C=C(/C(=O)OC)N(C)c1cccc2c(F)c(F)c(F)c(F)c12. The lowest BCUT2D eigenvalue weighted by Crippen LogP contribution is -2.26. The predicted molar refractivity (Wildman–Crippen MR) is 84.3 cm³/mol. The maximum atomic E-state index is 14.3. The Morgan fingerprint density at radius 1 is 0.962 bits per heavy atom. The van der Waals surface area contributed by atoms with Crippen LogP contribution < -0.4 is 4.90 Å². The molecule has 9 heteroatoms. The fourth-order valence-electron chi connectivity index (χ4n) is 2.35. The molecule has 0 aliphatic heterocycles. The van der Waals surface area contributed by atoms with Crippen molar-refractivity contribution in [3.63, 3.8) is 0 Å². The molecule has 0 atom stereocenters. The second kappa shape index (κ2) is 7.42. The van der Waals surface area contributed by atoms with Crippen molar-refractivity contribution in [2.24, 2.45) is 0 Å². The van der Waals surface area contributed by atoms with Gasteiger partial charge in [0.1, 0.15) is 5.70 Å². The molecule has 2 rings (SSSR count). The molecule has 0 saturated carbocycles. The lowest BCUT2D eigenvalue weighted by molar-refractivity contribution is -0.138. The molecule has 0 amide bonds. The van der Waals surface area contributed by atoms with Crippen LogP contribution >= 0.6 is 0 Å². The highest BCUT2D eigenvalue weighted by molar-refractivity contribution is 6.03. The van der Waals surface area contributed by atoms with Gasteiger partial charge in [0.15, 0.2) is 23.3 Å². The van der Waals surface area contributed by atoms with Crippen LogP contribution in [0.4, 0.5) is 23.2 Å². The van der Waals surface area contributed by atoms with E-state index in [1.165, 1.54) is 19.2 Å². The maximum absolute atomic E-state index is 14.3. The minimum Gasteiger partial charge on any atom is -0.466 e. The summed E-state index contributed by atoms with van der Waals surface area (Å²) in [6, 6.07) is 3.53. The Hall–Kier alpha value is -3.10. The number of methoxy groups -OCH3 is 2. The van der Waals surface area contributed by atoms with E-state index in [1.807, 2.05) is 0 Å². The standard InChI is InChI=1S/C17H13F4NO4/c1-22(10(17(24)26-3)7-11(23)25-2)9-6-4-5-8-12(9)14(19)16(21)15(20)13(8)18/h4-7H,1-3H3/b10-7-. The topological polar surface area (TPSA) is 55.8 Å². The van der Waals surface area contributed by atoms with Crippen molar-refractivity contribution in [3.8, 4) is 0 Å². The molecular formula is C17H13F4NO4. The van der Waals surface area contributed by atoms with Gasteiger partial charge >= 0.3 is 11.9 Å². The van der Waals surface area contributed by atoms with Gasteiger partial charge in [-0.1, -0.05) is 12.1 Å². The van der Waals surface area contributed by atoms with Crippen molar-refractivity contribution in [1.29, 1.82) is 0 Å². The number of likely N-dealkylation sites (N-methyl/N-ethyl adjacent to an activating group) is 1. The van der Waals surface area contributed by atoms with Crippen LogP contribution in [0.2, 0.25) is 0 Å². The molecule has 138 valence electrons. The smallest absolute Gasteiger partial charge is 0.354 e. The van der Waals surface area contributed by atoms with E-state index in [-0.39, 0.29) is 5.69 Å². The predicted octanol–water partition coefficient (Wildman–Crippen LogP) is 3.06. The van der Waals surface area contributed by atoms with Crippen LogP contribution in [0.1, 0.15) is 0 Å². The van der Waals surface area contributed by atoms with Gasteiger partial charge in [-0.05, 0) is 6.07 Å². The summed E-state index contributed by atoms with van der Waals surface area (Å²) in [6.07, 6.45) is 0.763. The van der Waals surface area contributed by atoms with Crippen molar-refractivity contribution in [3.05, 3.63) is 53.2 Å². The fraction of sp³-hybridized carbons (Fsp3) is 0.176. The summed E-state index contributed by atoms with van der Waals surface area (Å²) < 4.78 is 64.4. The monoisotopic (exact) mass is 371 g/mol. The molecule has 0 heterocycles. The zero-order valence-corrected chi connectivity index (χ0v) is 13.9. The van der Waals surface area contributed by atoms with Crippen LogP contribution in [-0.2, 0) is 19.1 Å². The first kappa shape index (κ1) is 19.2. The minimum absolute atomic E-state index is 0.196. The number of benzene rings is 2. The van der Waals surface area contributed by atoms with Crippen molar-refractivity contribution in [2.75, 3.05) is 26.2 Å². The summed E-state index contributed by atoms with van der Waals surface area (Å²) >= 11 is 0. The van der Waals surface area contributed by atoms with Gasteiger partial charge in [0.05, 0.1) is 26.0 Å². The summed E-state index contributed by atoms with van der Waals surface area (Å²) in [5.41, 5.74) is -0.588. The molecule has 0 bridgehead atoms. The van der Waals surface area contributed by atoms with Crippen LogP contribution in [0.15, 0.2) is 30.0 Å². The van der Waals surface area contributed by atoms with Gasteiger partial charge in [-0.15, -0.1) is 0 Å². The van der Waals surface area contributed by atoms with E-state index in [4.69, 9.17) is 0 Å². The largest absolute Gasteiger partial charge is 0.466 e. The van der Waals surface area contributed by atoms with Gasteiger partial charge in [0.2, 0.25) is 0 Å². The third-order valence-corrected chi connectivity index (χ3v) is 3.65. The molecule has 0 radical (unpaired) electrons. The summed E-state index contributed by atoms with van der Waals surface area (Å²) in [4.78, 5) is 24.4. The number of hydrogen-bond acceptors (Lipinski definition) is 5. The van der Waals surface area contributed by atoms with Gasteiger partial charge in [-0.2, -0.15) is 0 Å². The van der Waals surface area contributed by atoms with E-state index in [0.29, 0.717) is 0 Å². The summed E-state index contributed by atoms with van der Waals surface area (Å²) in [6.45, 7) is 0. The van der Waals surface area contributed by atoms with Gasteiger partial charge < -0.3 is 14.4 Å². The summed E-state index contributed by atoms with van der Waals surface area (Å²) in [5, 5.41) is -1.14. The Balaban J connectivity index is 2.78. The number of carbonyl (C=O) groups is 2. The van der Waals surface area contributed by atoms with Gasteiger partial charge in [-0.25, -0.2) is 27.2 Å². The average Bonchev–Trinajstić information content (AvgIpc) is 2.66. The molecule has 0 saturated heterocycles. The average molecular weight is 371 g/mol. The normalized spacial score (nSPS) is 11.4. The van der Waals surface area contributed by atoms with Crippen LogP contribution in [0.25, 0.3) is 10.8 Å². The zero-order chi connectivity index (χ0) is 19.6. The molecule has 0 spiro atoms. The molecule has 5 nitrogen and oxygen atoms in total. The molecule has 0 aromatic heterocycles. The van der Waals surface area contributed by atoms with E-state index in [1.54, 1.807) is 0 Å². The quantitative estimate of drug-likeness (QED) is 0.272. The maximum Gasteiger partial charge on any atom is 0.354 e. The first-order chi connectivity index (χ1) is 12.2. The van der Waals surface area contributed by atoms with Gasteiger partial charge in [-0.3, -0.25) is 0 Å². The molecule has 0 fully saturated rings. The highest BCUT2D eigenvalue weighted by Gasteiger charge is 2.26. The number of halogens is 4. The Morgan fingerprint density at radius 3 is 2.15 bits per heavy atom. The van der Waals surface area contributed by atoms with E-state index in [2.05, 4.69) is 9.47 Å². The minimum atomic E-state index is -1.99. The number of esters is 2. The number of anilines is 1. The highest BCUT2D eigenvalue weighted by atomic mass is 19.2. The number of fused-ring (bicyclic) bond motifs is 1. The number of rotatable bonds is 4. The van der Waals surface area contributed by atoms with Crippen LogP contribution in [0.3, 0.4) is 0 Å². The number of carbonyl (C=O) groups excluding carboxylic acids is 2. The Bertz CT molecular complexity index is 927. The van der Waals surface area contributed by atoms with Crippen molar-refractivity contribution >= 4 is 28.4 Å². The van der Waals surface area contributed by atoms with Crippen LogP contribution in [0, 0.1) is 23.3 Å². The van der Waals surface area contributed by atoms with E-state index >= 15 is 0 Å². The van der Waals surface area contributed by atoms with E-state index in [0.717, 1.165) is 31.3 Å². The molecule has 26 heavy (non-hydrogen) atoms. The number of nitrogens with zero attached hydrogens (tertiary/aromatic N) is 1. The second-order valence-corrected chi connectivity index (χ2v) is 5.06. The molecule has 2 aromatic rings. The Labute approximate surface area is 145 Å². The van der Waals surface area contributed by atoms with E-state index in [9.17, 15) is 27.2 Å². The Morgan fingerprint density at radius 2 is 1.58 bits per heavy atom. The lowest BCUT2D eigenvalue weighted by atomic mass is 10.1. The number of hydrogen-bond donors (Lipinski definition) is 0. The third kappa shape index (κ3) is 3.19. The highest BCUT2D eigenvalue weighted by Crippen LogP contribution is 2.34. The first-order valence-corrected chi connectivity index (χ1v) is 7.10. The van der Waals surface area contributed by atoms with Gasteiger partial charge in [0.25, 0.3) is 0 Å². The van der Waals surface area contributed by atoms with Crippen molar-refractivity contribution in [1.82, 2.24) is 0 Å². The molecular weight excluding hydrogens is 358 g/mol. The zero-order valence-electron chi connectivity index (χ0n) is 13.9.